The quantitative estimate of drug-likeness (QED) is 0.787. The summed E-state index contributed by atoms with van der Waals surface area (Å²) in [5, 5.41) is 10.9. The number of hydrogen-bond donors (Lipinski definition) is 1. The summed E-state index contributed by atoms with van der Waals surface area (Å²) in [5.41, 5.74) is 1.89. The highest BCUT2D eigenvalue weighted by molar-refractivity contribution is 5.94. The number of rotatable bonds is 3. The van der Waals surface area contributed by atoms with E-state index in [-0.39, 0.29) is 23.9 Å². The molecular weight excluding hydrogens is 414 g/mol. The van der Waals surface area contributed by atoms with Crippen LogP contribution in [0.5, 0.6) is 17.2 Å². The number of ketones is 1. The number of methoxy groups -OCH3 is 1. The van der Waals surface area contributed by atoms with E-state index in [4.69, 9.17) is 9.47 Å². The number of carbonyl (C=O) groups excluding carboxylic acids is 1. The maximum Gasteiger partial charge on any atom is 0.181 e. The Hall–Kier alpha value is -2.24. The van der Waals surface area contributed by atoms with Gasteiger partial charge in [0.1, 0.15) is 5.75 Å². The summed E-state index contributed by atoms with van der Waals surface area (Å²) in [6.45, 7) is 0.922. The number of phenols is 1. The molecule has 0 amide bonds. The molecule has 4 aliphatic rings. The molecule has 5 nitrogen and oxygen atoms in total. The van der Waals surface area contributed by atoms with Crippen molar-refractivity contribution >= 4 is 18.2 Å². The third-order valence-corrected chi connectivity index (χ3v) is 8.35. The number of Topliss-reactive ketones (excluding diaryl/α,β-unsaturated/α-hetero) is 1. The zero-order valence-corrected chi connectivity index (χ0v) is 18.7. The summed E-state index contributed by atoms with van der Waals surface area (Å²) >= 11 is 0. The Morgan fingerprint density at radius 2 is 2.06 bits per heavy atom. The predicted molar refractivity (Wildman–Crippen MR) is 120 cm³/mol. The molecule has 2 aliphatic carbocycles. The number of benzene rings is 2. The predicted octanol–water partition coefficient (Wildman–Crippen LogP) is 3.67. The van der Waals surface area contributed by atoms with Crippen LogP contribution in [0.25, 0.3) is 0 Å². The summed E-state index contributed by atoms with van der Waals surface area (Å²) in [4.78, 5) is 16.2. The van der Waals surface area contributed by atoms with Gasteiger partial charge in [0, 0.05) is 36.1 Å². The maximum absolute atomic E-state index is 13.7. The van der Waals surface area contributed by atoms with E-state index in [0.717, 1.165) is 42.5 Å². The second-order valence-corrected chi connectivity index (χ2v) is 9.41. The van der Waals surface area contributed by atoms with E-state index in [1.165, 1.54) is 0 Å². The molecule has 164 valence electrons. The van der Waals surface area contributed by atoms with E-state index in [0.29, 0.717) is 36.3 Å². The van der Waals surface area contributed by atoms with Gasteiger partial charge in [0.15, 0.2) is 22.9 Å². The van der Waals surface area contributed by atoms with Gasteiger partial charge in [0.25, 0.3) is 0 Å². The first-order valence-electron chi connectivity index (χ1n) is 10.9. The topological polar surface area (TPSA) is 59.0 Å². The Kier molecular flexibility index (Phi) is 4.58. The molecule has 2 aromatic rings. The average Bonchev–Trinajstić information content (AvgIpc) is 3.05. The third-order valence-electron chi connectivity index (χ3n) is 8.35. The lowest BCUT2D eigenvalue weighted by Crippen LogP contribution is -2.72. The number of halogens is 1. The molecule has 0 unspecified atom stereocenters. The Labute approximate surface area is 188 Å². The largest absolute Gasteiger partial charge is 0.504 e. The lowest BCUT2D eigenvalue weighted by Gasteiger charge is -2.61. The minimum absolute atomic E-state index is 0. The lowest BCUT2D eigenvalue weighted by atomic mass is 9.46. The van der Waals surface area contributed by atoms with Crippen molar-refractivity contribution in [3.05, 3.63) is 53.1 Å². The van der Waals surface area contributed by atoms with Gasteiger partial charge in [-0.25, -0.2) is 0 Å². The number of nitrogens with zero attached hydrogens (tertiary/aromatic N) is 1. The van der Waals surface area contributed by atoms with E-state index in [9.17, 15) is 9.90 Å². The molecule has 2 bridgehead atoms. The van der Waals surface area contributed by atoms with E-state index < -0.39 is 11.0 Å². The summed E-state index contributed by atoms with van der Waals surface area (Å²) in [6, 6.07) is 12.2. The molecule has 2 aromatic carbocycles. The highest BCUT2D eigenvalue weighted by atomic mass is 35.5. The van der Waals surface area contributed by atoms with E-state index in [1.54, 1.807) is 13.2 Å². The number of phenolic OH excluding ortho intramolecular Hbond substituents is 1. The molecule has 0 aromatic heterocycles. The van der Waals surface area contributed by atoms with E-state index >= 15 is 0 Å². The van der Waals surface area contributed by atoms with Crippen molar-refractivity contribution in [1.82, 2.24) is 4.90 Å². The number of likely N-dealkylation sites (tertiary alicyclic amines) is 1. The molecule has 2 fully saturated rings. The summed E-state index contributed by atoms with van der Waals surface area (Å²) in [5.74, 6) is 1.82. The monoisotopic (exact) mass is 441 g/mol. The molecule has 1 spiro atoms. The fourth-order valence-corrected chi connectivity index (χ4v) is 7.16. The Bertz CT molecular complexity index is 1060. The zero-order valence-electron chi connectivity index (χ0n) is 17.9. The molecule has 6 rings (SSSR count). The van der Waals surface area contributed by atoms with Crippen LogP contribution in [0, 0.1) is 5.92 Å². The van der Waals surface area contributed by atoms with Crippen molar-refractivity contribution in [3.63, 3.8) is 0 Å². The van der Waals surface area contributed by atoms with Crippen molar-refractivity contribution in [1.29, 1.82) is 0 Å². The summed E-state index contributed by atoms with van der Waals surface area (Å²) in [7, 11) is 3.85. The van der Waals surface area contributed by atoms with Crippen LogP contribution in [0.15, 0.2) is 36.4 Å². The van der Waals surface area contributed by atoms with Crippen LogP contribution in [0.1, 0.15) is 36.0 Å². The smallest absolute Gasteiger partial charge is 0.181 e. The van der Waals surface area contributed by atoms with Gasteiger partial charge in [-0.3, -0.25) is 4.79 Å². The van der Waals surface area contributed by atoms with Gasteiger partial charge in [0.05, 0.1) is 12.5 Å². The van der Waals surface area contributed by atoms with Gasteiger partial charge in [-0.15, -0.1) is 12.4 Å². The molecule has 2 aliphatic heterocycles. The van der Waals surface area contributed by atoms with E-state index in [1.807, 2.05) is 18.2 Å². The van der Waals surface area contributed by atoms with Crippen LogP contribution in [0.4, 0.5) is 0 Å². The number of carbonyl (C=O) groups is 1. The van der Waals surface area contributed by atoms with Crippen molar-refractivity contribution < 1.29 is 19.4 Å². The highest BCUT2D eigenvalue weighted by Gasteiger charge is 2.73. The first-order chi connectivity index (χ1) is 14.5. The number of hydrogen-bond acceptors (Lipinski definition) is 5. The molecule has 6 heteroatoms. The number of likely N-dealkylation sites (N-methyl/N-ethyl adjacent to an activating group) is 1. The van der Waals surface area contributed by atoms with Crippen LogP contribution in [0.3, 0.4) is 0 Å². The van der Waals surface area contributed by atoms with Gasteiger partial charge in [-0.1, -0.05) is 30.3 Å². The van der Waals surface area contributed by atoms with E-state index in [2.05, 4.69) is 24.1 Å². The maximum atomic E-state index is 13.7. The van der Waals surface area contributed by atoms with Crippen molar-refractivity contribution in [2.45, 2.75) is 49.2 Å². The van der Waals surface area contributed by atoms with Crippen LogP contribution >= 0.6 is 12.4 Å². The minimum Gasteiger partial charge on any atom is -0.504 e. The number of aromatic hydroxyl groups is 1. The molecule has 1 saturated heterocycles. The highest BCUT2D eigenvalue weighted by Crippen LogP contribution is 2.68. The van der Waals surface area contributed by atoms with Gasteiger partial charge >= 0.3 is 0 Å². The normalized spacial score (nSPS) is 32.6. The first-order valence-corrected chi connectivity index (χ1v) is 10.9. The fraction of sp³-hybridized carbons (Fsp3) is 0.480. The first kappa shape index (κ1) is 20.7. The standard InChI is InChI=1S/C25H27NO4.ClH/c1-26-11-10-24-17-8-9-21(28)25(24,14-15-6-4-3-5-7-15)30-23-19(27)13-20(29-2)16(22(23)24)12-18(17)26;/h3-7,13,17-18,27H,8-12,14H2,1-2H3;1H/t17-,18+,24-,25-;/m0./s1. The minimum atomic E-state index is -0.960. The number of ether oxygens (including phenoxy) is 2. The second-order valence-electron chi connectivity index (χ2n) is 9.41. The molecule has 0 radical (unpaired) electrons. The average molecular weight is 442 g/mol. The van der Waals surface area contributed by atoms with Crippen molar-refractivity contribution in [2.75, 3.05) is 20.7 Å². The molecule has 1 N–H and O–H groups in total. The molecule has 1 saturated carbocycles. The molecule has 4 atom stereocenters. The van der Waals surface area contributed by atoms with Crippen molar-refractivity contribution in [3.8, 4) is 17.2 Å². The van der Waals surface area contributed by atoms with Gasteiger partial charge < -0.3 is 19.5 Å². The van der Waals surface area contributed by atoms with Crippen LogP contribution in [-0.4, -0.2) is 48.1 Å². The third kappa shape index (κ3) is 2.39. The zero-order chi connectivity index (χ0) is 20.7. The van der Waals surface area contributed by atoms with Crippen molar-refractivity contribution in [2.24, 2.45) is 5.92 Å². The Balaban J connectivity index is 0.00000204. The Morgan fingerprint density at radius 1 is 1.29 bits per heavy atom. The van der Waals surface area contributed by atoms with Gasteiger partial charge in [-0.2, -0.15) is 0 Å². The number of piperidine rings is 1. The van der Waals surface area contributed by atoms with Crippen LogP contribution < -0.4 is 9.47 Å². The van der Waals surface area contributed by atoms with Gasteiger partial charge in [-0.05, 0) is 44.3 Å². The Morgan fingerprint density at radius 3 is 2.81 bits per heavy atom. The summed E-state index contributed by atoms with van der Waals surface area (Å²) in [6.07, 6.45) is 3.68. The molecule has 2 heterocycles. The van der Waals surface area contributed by atoms with Gasteiger partial charge in [0.2, 0.25) is 0 Å². The summed E-state index contributed by atoms with van der Waals surface area (Å²) < 4.78 is 12.4. The van der Waals surface area contributed by atoms with Crippen LogP contribution in [0.2, 0.25) is 0 Å². The molecule has 31 heavy (non-hydrogen) atoms. The van der Waals surface area contributed by atoms with Crippen LogP contribution in [-0.2, 0) is 23.1 Å². The fourth-order valence-electron chi connectivity index (χ4n) is 7.16. The molecular formula is C25H28ClNO4. The second kappa shape index (κ2) is 6.88. The SMILES string of the molecule is COc1cc(O)c2c3c1C[C@@H]1[C@@H]4CCC(=O)[C@](Cc5ccccc5)(O2)[C@]34CCN1C.Cl. The lowest BCUT2D eigenvalue weighted by molar-refractivity contribution is -0.156.